The number of halogens is 1. The molecule has 82 valence electrons. The molecule has 0 bridgehead atoms. The molecule has 15 heavy (non-hydrogen) atoms. The minimum Gasteiger partial charge on any atom is -0.384 e. The van der Waals surface area contributed by atoms with E-state index in [1.54, 1.807) is 12.3 Å². The van der Waals surface area contributed by atoms with Gasteiger partial charge < -0.3 is 11.1 Å². The number of nitrogens with one attached hydrogen (secondary N) is 1. The van der Waals surface area contributed by atoms with Crippen molar-refractivity contribution in [1.82, 2.24) is 9.97 Å². The quantitative estimate of drug-likeness (QED) is 0.758. The molecule has 1 aromatic rings. The molecule has 2 atom stereocenters. The SMILES string of the molecule is Nc1ccnc(NC2CCCCC2Cl)n1. The molecule has 0 aromatic carbocycles. The van der Waals surface area contributed by atoms with Gasteiger partial charge in [0.1, 0.15) is 5.82 Å². The van der Waals surface area contributed by atoms with Crippen molar-refractivity contribution in [3.05, 3.63) is 12.3 Å². The molecule has 0 amide bonds. The maximum Gasteiger partial charge on any atom is 0.224 e. The average molecular weight is 227 g/mol. The number of alkyl halides is 1. The van der Waals surface area contributed by atoms with Gasteiger partial charge in [0.25, 0.3) is 0 Å². The van der Waals surface area contributed by atoms with Gasteiger partial charge >= 0.3 is 0 Å². The fourth-order valence-electron chi connectivity index (χ4n) is 1.86. The second-order valence-electron chi connectivity index (χ2n) is 3.86. The molecule has 5 heteroatoms. The number of nitrogens with two attached hydrogens (primary N) is 1. The van der Waals surface area contributed by atoms with Crippen LogP contribution in [0.3, 0.4) is 0 Å². The Labute approximate surface area is 94.2 Å². The molecular weight excluding hydrogens is 212 g/mol. The summed E-state index contributed by atoms with van der Waals surface area (Å²) in [5.41, 5.74) is 5.57. The molecule has 0 radical (unpaired) electrons. The van der Waals surface area contributed by atoms with Crippen molar-refractivity contribution in [2.24, 2.45) is 0 Å². The summed E-state index contributed by atoms with van der Waals surface area (Å²) in [5, 5.41) is 3.41. The Kier molecular flexibility index (Phi) is 3.26. The molecule has 1 aromatic heterocycles. The van der Waals surface area contributed by atoms with Gasteiger partial charge in [0, 0.05) is 12.2 Å². The maximum atomic E-state index is 6.22. The van der Waals surface area contributed by atoms with Crippen LogP contribution in [-0.4, -0.2) is 21.4 Å². The second kappa shape index (κ2) is 4.66. The van der Waals surface area contributed by atoms with Gasteiger partial charge in [-0.05, 0) is 18.9 Å². The molecule has 0 spiro atoms. The van der Waals surface area contributed by atoms with Crippen molar-refractivity contribution in [2.45, 2.75) is 37.1 Å². The van der Waals surface area contributed by atoms with Crippen LogP contribution in [0.4, 0.5) is 11.8 Å². The first-order valence-corrected chi connectivity index (χ1v) is 5.68. The summed E-state index contributed by atoms with van der Waals surface area (Å²) in [6.45, 7) is 0. The van der Waals surface area contributed by atoms with Crippen LogP contribution in [0.15, 0.2) is 12.3 Å². The fourth-order valence-corrected chi connectivity index (χ4v) is 2.20. The zero-order valence-corrected chi connectivity index (χ0v) is 9.24. The smallest absolute Gasteiger partial charge is 0.224 e. The van der Waals surface area contributed by atoms with Gasteiger partial charge in [0.05, 0.1) is 5.38 Å². The lowest BCUT2D eigenvalue weighted by atomic mass is 9.95. The highest BCUT2D eigenvalue weighted by Gasteiger charge is 2.23. The number of hydrogen-bond acceptors (Lipinski definition) is 4. The van der Waals surface area contributed by atoms with Crippen LogP contribution in [0.5, 0.6) is 0 Å². The van der Waals surface area contributed by atoms with Crippen LogP contribution in [0.2, 0.25) is 0 Å². The van der Waals surface area contributed by atoms with Crippen LogP contribution in [0.25, 0.3) is 0 Å². The van der Waals surface area contributed by atoms with Crippen LogP contribution >= 0.6 is 11.6 Å². The van der Waals surface area contributed by atoms with Gasteiger partial charge in [-0.3, -0.25) is 0 Å². The Hall–Kier alpha value is -1.03. The van der Waals surface area contributed by atoms with E-state index in [1.807, 2.05) is 0 Å². The Bertz CT molecular complexity index is 331. The molecule has 0 saturated heterocycles. The number of anilines is 2. The second-order valence-corrected chi connectivity index (χ2v) is 4.42. The number of rotatable bonds is 2. The van der Waals surface area contributed by atoms with E-state index < -0.39 is 0 Å². The normalized spacial score (nSPS) is 26.2. The zero-order valence-electron chi connectivity index (χ0n) is 8.49. The molecule has 1 aliphatic carbocycles. The zero-order chi connectivity index (χ0) is 10.7. The first kappa shape index (κ1) is 10.5. The van der Waals surface area contributed by atoms with Crippen molar-refractivity contribution in [3.8, 4) is 0 Å². The monoisotopic (exact) mass is 226 g/mol. The predicted molar refractivity (Wildman–Crippen MR) is 62.0 cm³/mol. The summed E-state index contributed by atoms with van der Waals surface area (Å²) >= 11 is 6.22. The Morgan fingerprint density at radius 3 is 2.93 bits per heavy atom. The molecule has 2 unspecified atom stereocenters. The number of aromatic nitrogens is 2. The lowest BCUT2D eigenvalue weighted by molar-refractivity contribution is 0.467. The van der Waals surface area contributed by atoms with Crippen molar-refractivity contribution >= 4 is 23.4 Å². The number of nitrogen functional groups attached to an aromatic ring is 1. The topological polar surface area (TPSA) is 63.8 Å². The number of nitrogens with zero attached hydrogens (tertiary/aromatic N) is 2. The van der Waals surface area contributed by atoms with Gasteiger partial charge in [-0.1, -0.05) is 12.8 Å². The third-order valence-corrected chi connectivity index (χ3v) is 3.20. The van der Waals surface area contributed by atoms with Crippen LogP contribution < -0.4 is 11.1 Å². The van der Waals surface area contributed by atoms with Crippen molar-refractivity contribution in [3.63, 3.8) is 0 Å². The molecule has 4 nitrogen and oxygen atoms in total. The lowest BCUT2D eigenvalue weighted by Gasteiger charge is -2.27. The number of hydrogen-bond donors (Lipinski definition) is 2. The molecular formula is C10H15ClN4. The standard InChI is InChI=1S/C10H15ClN4/c11-7-3-1-2-4-8(7)14-10-13-6-5-9(12)15-10/h5-8H,1-4H2,(H3,12,13,14,15). The van der Waals surface area contributed by atoms with E-state index in [2.05, 4.69) is 15.3 Å². The Balaban J connectivity index is 2.01. The van der Waals surface area contributed by atoms with E-state index in [4.69, 9.17) is 17.3 Å². The van der Waals surface area contributed by atoms with Crippen LogP contribution in [0, 0.1) is 0 Å². The van der Waals surface area contributed by atoms with E-state index in [0.717, 1.165) is 12.8 Å². The molecule has 1 saturated carbocycles. The van der Waals surface area contributed by atoms with Gasteiger partial charge in [0.2, 0.25) is 5.95 Å². The van der Waals surface area contributed by atoms with Gasteiger partial charge in [-0.25, -0.2) is 4.98 Å². The Morgan fingerprint density at radius 1 is 1.40 bits per heavy atom. The first-order valence-electron chi connectivity index (χ1n) is 5.25. The van der Waals surface area contributed by atoms with Crippen molar-refractivity contribution < 1.29 is 0 Å². The predicted octanol–water partition coefficient (Wildman–Crippen LogP) is 2.02. The van der Waals surface area contributed by atoms with Gasteiger partial charge in [0.15, 0.2) is 0 Å². The lowest BCUT2D eigenvalue weighted by Crippen LogP contribution is -2.33. The van der Waals surface area contributed by atoms with E-state index in [-0.39, 0.29) is 11.4 Å². The molecule has 1 heterocycles. The summed E-state index contributed by atoms with van der Waals surface area (Å²) in [6, 6.07) is 1.94. The van der Waals surface area contributed by atoms with Crippen molar-refractivity contribution in [2.75, 3.05) is 11.1 Å². The van der Waals surface area contributed by atoms with Crippen LogP contribution in [0.1, 0.15) is 25.7 Å². The molecule has 1 aliphatic rings. The molecule has 3 N–H and O–H groups in total. The molecule has 1 fully saturated rings. The molecule has 0 aliphatic heterocycles. The average Bonchev–Trinajstić information content (AvgIpc) is 2.22. The summed E-state index contributed by atoms with van der Waals surface area (Å²) < 4.78 is 0. The van der Waals surface area contributed by atoms with Crippen molar-refractivity contribution in [1.29, 1.82) is 0 Å². The van der Waals surface area contributed by atoms with Crippen LogP contribution in [-0.2, 0) is 0 Å². The van der Waals surface area contributed by atoms with E-state index >= 15 is 0 Å². The highest BCUT2D eigenvalue weighted by Crippen LogP contribution is 2.25. The van der Waals surface area contributed by atoms with Gasteiger partial charge in [-0.2, -0.15) is 4.98 Å². The first-order chi connectivity index (χ1) is 7.25. The maximum absolute atomic E-state index is 6.22. The van der Waals surface area contributed by atoms with E-state index in [0.29, 0.717) is 11.8 Å². The summed E-state index contributed by atoms with van der Waals surface area (Å²) in [4.78, 5) is 8.21. The summed E-state index contributed by atoms with van der Waals surface area (Å²) in [7, 11) is 0. The largest absolute Gasteiger partial charge is 0.384 e. The highest BCUT2D eigenvalue weighted by atomic mass is 35.5. The summed E-state index contributed by atoms with van der Waals surface area (Å²) in [6.07, 6.45) is 6.21. The minimum atomic E-state index is 0.170. The third kappa shape index (κ3) is 2.72. The van der Waals surface area contributed by atoms with E-state index in [9.17, 15) is 0 Å². The molecule has 2 rings (SSSR count). The Morgan fingerprint density at radius 2 is 2.20 bits per heavy atom. The minimum absolute atomic E-state index is 0.170. The highest BCUT2D eigenvalue weighted by molar-refractivity contribution is 6.21. The van der Waals surface area contributed by atoms with E-state index in [1.165, 1.54) is 12.8 Å². The van der Waals surface area contributed by atoms with Gasteiger partial charge in [-0.15, -0.1) is 11.6 Å². The fraction of sp³-hybridized carbons (Fsp3) is 0.600. The summed E-state index contributed by atoms with van der Waals surface area (Å²) in [5.74, 6) is 1.06. The third-order valence-electron chi connectivity index (χ3n) is 2.67.